The molecule has 310 valence electrons. The third-order valence-corrected chi connectivity index (χ3v) is 12.7. The van der Waals surface area contributed by atoms with Gasteiger partial charge >= 0.3 is 12.1 Å². The third-order valence-electron chi connectivity index (χ3n) is 9.34. The van der Waals surface area contributed by atoms with Crippen LogP contribution in [0.5, 0.6) is 0 Å². The first-order valence-corrected chi connectivity index (χ1v) is 21.1. The van der Waals surface area contributed by atoms with Crippen molar-refractivity contribution in [2.75, 3.05) is 31.2 Å². The number of carbonyl (C=O) groups excluding carboxylic acids is 6. The molecule has 0 aromatic heterocycles. The molecular formula is C40H53N5O10S2. The zero-order valence-electron chi connectivity index (χ0n) is 32.7. The quantitative estimate of drug-likeness (QED) is 0.129. The number of carbonyl (C=O) groups is 7. The van der Waals surface area contributed by atoms with E-state index in [4.69, 9.17) is 9.47 Å². The summed E-state index contributed by atoms with van der Waals surface area (Å²) in [5.74, 6) is -3.79. The first-order valence-electron chi connectivity index (χ1n) is 19.1. The summed E-state index contributed by atoms with van der Waals surface area (Å²) in [7, 11) is 0. The molecule has 1 unspecified atom stereocenters. The summed E-state index contributed by atoms with van der Waals surface area (Å²) in [5.41, 5.74) is 1.18. The number of ketones is 1. The molecule has 2 saturated heterocycles. The lowest BCUT2D eigenvalue weighted by Crippen LogP contribution is -2.59. The van der Waals surface area contributed by atoms with Gasteiger partial charge in [-0.1, -0.05) is 87.9 Å². The number of alkyl carbamates (subject to hydrolysis) is 1. The number of carboxylic acids is 1. The molecule has 2 aromatic carbocycles. The molecule has 5 atom stereocenters. The van der Waals surface area contributed by atoms with Crippen LogP contribution in [0, 0.1) is 5.92 Å². The van der Waals surface area contributed by atoms with Crippen LogP contribution >= 0.6 is 23.5 Å². The largest absolute Gasteiger partial charge is 0.479 e. The maximum atomic E-state index is 14.6. The monoisotopic (exact) mass is 827 g/mol. The number of hydrogen-bond donors (Lipinski definition) is 5. The Labute approximate surface area is 341 Å². The fourth-order valence-electron chi connectivity index (χ4n) is 6.38. The lowest BCUT2D eigenvalue weighted by atomic mass is 10.0. The van der Waals surface area contributed by atoms with Gasteiger partial charge in [0.25, 0.3) is 5.91 Å². The predicted molar refractivity (Wildman–Crippen MR) is 216 cm³/mol. The average Bonchev–Trinajstić information content (AvgIpc) is 3.57. The van der Waals surface area contributed by atoms with Crippen molar-refractivity contribution in [3.05, 3.63) is 71.8 Å². The van der Waals surface area contributed by atoms with Gasteiger partial charge in [-0.05, 0) is 48.3 Å². The molecule has 0 bridgehead atoms. The van der Waals surface area contributed by atoms with Crippen LogP contribution in [0.4, 0.5) is 4.79 Å². The summed E-state index contributed by atoms with van der Waals surface area (Å²) in [6, 6.07) is 12.4. The van der Waals surface area contributed by atoms with Gasteiger partial charge in [-0.25, -0.2) is 9.59 Å². The van der Waals surface area contributed by atoms with Crippen LogP contribution in [0.2, 0.25) is 0 Å². The summed E-state index contributed by atoms with van der Waals surface area (Å²) in [6.07, 6.45) is 0.0676. The second-order valence-electron chi connectivity index (χ2n) is 14.4. The van der Waals surface area contributed by atoms with Gasteiger partial charge in [-0.15, -0.1) is 23.5 Å². The Morgan fingerprint density at radius 3 is 2.18 bits per heavy atom. The lowest BCUT2D eigenvalue weighted by molar-refractivity contribution is -0.145. The number of amides is 5. The van der Waals surface area contributed by atoms with Crippen LogP contribution in [0.15, 0.2) is 60.7 Å². The molecule has 2 aromatic rings. The highest BCUT2D eigenvalue weighted by molar-refractivity contribution is 8.18. The molecule has 2 aliphatic heterocycles. The predicted octanol–water partition coefficient (Wildman–Crippen LogP) is 3.42. The van der Waals surface area contributed by atoms with E-state index >= 15 is 0 Å². The van der Waals surface area contributed by atoms with Gasteiger partial charge in [0.15, 0.2) is 6.04 Å². The Morgan fingerprint density at radius 2 is 1.56 bits per heavy atom. The molecule has 2 fully saturated rings. The van der Waals surface area contributed by atoms with Crippen molar-refractivity contribution in [1.82, 2.24) is 26.2 Å². The van der Waals surface area contributed by atoms with Crippen molar-refractivity contribution in [1.29, 1.82) is 0 Å². The van der Waals surface area contributed by atoms with E-state index in [1.54, 1.807) is 55.6 Å². The maximum Gasteiger partial charge on any atom is 0.407 e. The highest BCUT2D eigenvalue weighted by Gasteiger charge is 2.52. The highest BCUT2D eigenvalue weighted by atomic mass is 32.2. The molecule has 0 saturated carbocycles. The van der Waals surface area contributed by atoms with Gasteiger partial charge in [0.2, 0.25) is 23.5 Å². The van der Waals surface area contributed by atoms with Crippen molar-refractivity contribution < 1.29 is 48.1 Å². The molecule has 57 heavy (non-hydrogen) atoms. The van der Waals surface area contributed by atoms with E-state index in [1.807, 2.05) is 44.2 Å². The van der Waals surface area contributed by atoms with Crippen molar-refractivity contribution >= 4 is 65.0 Å². The molecule has 15 nitrogen and oxygen atoms in total. The minimum atomic E-state index is -1.38. The van der Waals surface area contributed by atoms with Gasteiger partial charge in [0, 0.05) is 13.0 Å². The van der Waals surface area contributed by atoms with Crippen LogP contribution in [0.3, 0.4) is 0 Å². The topological polar surface area (TPSA) is 210 Å². The van der Waals surface area contributed by atoms with Gasteiger partial charge in [0.05, 0.1) is 36.0 Å². The Morgan fingerprint density at radius 1 is 0.912 bits per heavy atom. The number of aliphatic carboxylic acids is 1. The first kappa shape index (κ1) is 45.1. The van der Waals surface area contributed by atoms with E-state index in [0.29, 0.717) is 12.0 Å². The third kappa shape index (κ3) is 13.2. The molecule has 17 heteroatoms. The fraction of sp³-hybridized carbons (Fsp3) is 0.525. The molecule has 5 amide bonds. The smallest absolute Gasteiger partial charge is 0.407 e. The summed E-state index contributed by atoms with van der Waals surface area (Å²) in [4.78, 5) is 94.2. The Balaban J connectivity index is 1.50. The lowest BCUT2D eigenvalue weighted by Gasteiger charge is -2.33. The molecule has 1 spiro atoms. The minimum absolute atomic E-state index is 0.0467. The Bertz CT molecular complexity index is 1710. The molecule has 2 heterocycles. The Hall–Kier alpha value is -4.61. The van der Waals surface area contributed by atoms with Gasteiger partial charge < -0.3 is 40.7 Å². The Kier molecular flexibility index (Phi) is 17.2. The second-order valence-corrected chi connectivity index (χ2v) is 17.6. The van der Waals surface area contributed by atoms with Crippen molar-refractivity contribution in [2.24, 2.45) is 5.92 Å². The molecule has 0 radical (unpaired) electrons. The molecule has 0 aliphatic carbocycles. The molecule has 2 aliphatic rings. The molecular weight excluding hydrogens is 775 g/mol. The minimum Gasteiger partial charge on any atom is -0.479 e. The van der Waals surface area contributed by atoms with E-state index in [9.17, 15) is 38.7 Å². The van der Waals surface area contributed by atoms with Crippen LogP contribution in [0.25, 0.3) is 0 Å². The number of carboxylic acid groups (broad SMARTS) is 1. The zero-order chi connectivity index (χ0) is 41.5. The van der Waals surface area contributed by atoms with E-state index in [1.165, 1.54) is 17.0 Å². The molecule has 4 rings (SSSR count). The van der Waals surface area contributed by atoms with E-state index in [0.717, 1.165) is 23.5 Å². The number of benzene rings is 2. The summed E-state index contributed by atoms with van der Waals surface area (Å²) in [5, 5.41) is 19.6. The number of nitrogens with zero attached hydrogens (tertiary/aromatic N) is 1. The summed E-state index contributed by atoms with van der Waals surface area (Å²) in [6.45, 7) is 6.99. The average molecular weight is 828 g/mol. The van der Waals surface area contributed by atoms with Gasteiger partial charge in [-0.2, -0.15) is 0 Å². The SMILES string of the molecule is CCCC(NC(=O)[C@@H]1CC2(CN1C(=O)[C@@H](NC(=O)OCC(C)C)[C@@H](C)OCc1ccccc1)SCCCS2)C(=O)C(=O)NCC(=O)N[C@H](C(=O)O)c1ccccc1. The summed E-state index contributed by atoms with van der Waals surface area (Å²) >= 11 is 3.32. The normalized spacial score (nSPS) is 18.1. The number of thioether (sulfide) groups is 2. The van der Waals surface area contributed by atoms with E-state index < -0.39 is 82.4 Å². The second kappa shape index (κ2) is 21.8. The molecule has 5 N–H and O–H groups in total. The number of Topliss-reactive ketones (excluding diaryl/α,β-unsaturated/α-hetero) is 1. The van der Waals surface area contributed by atoms with Crippen LogP contribution in [0.1, 0.15) is 70.5 Å². The number of nitrogens with one attached hydrogen (secondary N) is 4. The van der Waals surface area contributed by atoms with Gasteiger partial charge in [-0.3, -0.25) is 24.0 Å². The van der Waals surface area contributed by atoms with Crippen LogP contribution < -0.4 is 21.3 Å². The number of likely N-dealkylation sites (tertiary alicyclic amines) is 1. The van der Waals surface area contributed by atoms with Crippen LogP contribution in [-0.2, 0) is 44.8 Å². The van der Waals surface area contributed by atoms with Crippen LogP contribution in [-0.4, -0.2) is 111 Å². The first-order chi connectivity index (χ1) is 27.2. The van der Waals surface area contributed by atoms with Gasteiger partial charge in [0.1, 0.15) is 12.1 Å². The number of rotatable bonds is 19. The van der Waals surface area contributed by atoms with E-state index in [2.05, 4.69) is 21.3 Å². The van der Waals surface area contributed by atoms with Crippen molar-refractivity contribution in [3.8, 4) is 0 Å². The standard InChI is InChI=1S/C40H53N5O10S2/c1-5-13-29(34(47)36(49)41-21-31(46)43-33(38(51)52)28-16-10-7-11-17-28)42-35(48)30-20-40(56-18-12-19-57-40)24-45(30)37(50)32(44-39(53)55-22-25(2)3)26(4)54-23-27-14-8-6-9-15-27/h6-11,14-17,25-26,29-30,32-33H,5,12-13,18-24H2,1-4H3,(H,41,49)(H,42,48)(H,43,46)(H,44,53)(H,51,52)/t26-,29?,30+,32+,33+/m1/s1. The van der Waals surface area contributed by atoms with E-state index in [-0.39, 0.29) is 38.5 Å². The highest BCUT2D eigenvalue weighted by Crippen LogP contribution is 2.50. The zero-order valence-corrected chi connectivity index (χ0v) is 34.3. The maximum absolute atomic E-state index is 14.6. The summed E-state index contributed by atoms with van der Waals surface area (Å²) < 4.78 is 11.0. The number of hydrogen-bond acceptors (Lipinski definition) is 11. The van der Waals surface area contributed by atoms with Crippen molar-refractivity contribution in [3.63, 3.8) is 0 Å². The van der Waals surface area contributed by atoms with Crippen molar-refractivity contribution in [2.45, 2.75) is 94.3 Å². The fourth-order valence-corrected chi connectivity index (χ4v) is 9.72. The number of ether oxygens (including phenoxy) is 2.